The molecule has 19 heavy (non-hydrogen) atoms. The molecular formula is C16H25ClO2. The van der Waals surface area contributed by atoms with Crippen LogP contribution < -0.4 is 9.47 Å². The largest absolute Gasteiger partial charge is 0.490 e. The third-order valence-electron chi connectivity index (χ3n) is 3.78. The molecule has 0 fully saturated rings. The first-order chi connectivity index (χ1) is 9.03. The molecule has 0 saturated carbocycles. The highest BCUT2D eigenvalue weighted by molar-refractivity contribution is 6.18. The zero-order valence-electron chi connectivity index (χ0n) is 12.4. The van der Waals surface area contributed by atoms with Gasteiger partial charge in [-0.25, -0.2) is 0 Å². The van der Waals surface area contributed by atoms with Crippen molar-refractivity contribution < 1.29 is 9.47 Å². The van der Waals surface area contributed by atoms with Crippen LogP contribution in [-0.4, -0.2) is 19.1 Å². The van der Waals surface area contributed by atoms with Crippen molar-refractivity contribution in [3.05, 3.63) is 24.3 Å². The van der Waals surface area contributed by atoms with Crippen molar-refractivity contribution in [2.75, 3.05) is 19.1 Å². The third-order valence-corrected chi connectivity index (χ3v) is 4.39. The Morgan fingerprint density at radius 3 is 2.21 bits per heavy atom. The number of ether oxygens (including phenoxy) is 2. The number of hydrogen-bond donors (Lipinski definition) is 0. The highest BCUT2D eigenvalue weighted by Crippen LogP contribution is 2.33. The number of hydrogen-bond acceptors (Lipinski definition) is 2. The number of para-hydroxylation sites is 2. The smallest absolute Gasteiger partial charge is 0.161 e. The van der Waals surface area contributed by atoms with E-state index >= 15 is 0 Å². The molecule has 0 spiro atoms. The van der Waals surface area contributed by atoms with Crippen LogP contribution in [0.4, 0.5) is 0 Å². The van der Waals surface area contributed by atoms with Crippen molar-refractivity contribution in [1.82, 2.24) is 0 Å². The number of benzene rings is 1. The molecule has 2 nitrogen and oxygen atoms in total. The number of alkyl halides is 1. The van der Waals surface area contributed by atoms with Gasteiger partial charge in [-0.3, -0.25) is 0 Å². The summed E-state index contributed by atoms with van der Waals surface area (Å²) in [5.74, 6) is 2.81. The van der Waals surface area contributed by atoms with Crippen LogP contribution in [0.5, 0.6) is 11.5 Å². The normalized spacial score (nSPS) is 14.2. The Labute approximate surface area is 122 Å². The molecule has 0 bridgehead atoms. The van der Waals surface area contributed by atoms with Gasteiger partial charge in [0.1, 0.15) is 0 Å². The summed E-state index contributed by atoms with van der Waals surface area (Å²) in [6.07, 6.45) is 0.939. The second-order valence-electron chi connectivity index (χ2n) is 5.42. The van der Waals surface area contributed by atoms with Crippen molar-refractivity contribution in [3.8, 4) is 11.5 Å². The predicted molar refractivity (Wildman–Crippen MR) is 81.4 cm³/mol. The summed E-state index contributed by atoms with van der Waals surface area (Å²) in [6, 6.07) is 7.79. The van der Waals surface area contributed by atoms with Crippen LogP contribution in [0.2, 0.25) is 0 Å². The van der Waals surface area contributed by atoms with Gasteiger partial charge in [0.2, 0.25) is 0 Å². The quantitative estimate of drug-likeness (QED) is 0.641. The lowest BCUT2D eigenvalue weighted by atomic mass is 9.78. The SMILES string of the molecule is CCOc1ccccc1OCCC(C)(CCl)C(C)C. The van der Waals surface area contributed by atoms with E-state index in [1.54, 1.807) is 0 Å². The maximum Gasteiger partial charge on any atom is 0.161 e. The zero-order valence-corrected chi connectivity index (χ0v) is 13.2. The molecule has 3 heteroatoms. The van der Waals surface area contributed by atoms with Gasteiger partial charge in [0.15, 0.2) is 11.5 Å². The van der Waals surface area contributed by atoms with Crippen LogP contribution >= 0.6 is 11.6 Å². The van der Waals surface area contributed by atoms with E-state index in [9.17, 15) is 0 Å². The average molecular weight is 285 g/mol. The molecule has 1 aromatic carbocycles. The lowest BCUT2D eigenvalue weighted by molar-refractivity contribution is 0.174. The summed E-state index contributed by atoms with van der Waals surface area (Å²) in [5, 5.41) is 0. The topological polar surface area (TPSA) is 18.5 Å². The van der Waals surface area contributed by atoms with Gasteiger partial charge in [-0.05, 0) is 36.8 Å². The Bertz CT molecular complexity index is 379. The molecule has 0 saturated heterocycles. The summed E-state index contributed by atoms with van der Waals surface area (Å²) in [4.78, 5) is 0. The van der Waals surface area contributed by atoms with Gasteiger partial charge >= 0.3 is 0 Å². The zero-order chi connectivity index (χ0) is 14.3. The van der Waals surface area contributed by atoms with Gasteiger partial charge in [0.25, 0.3) is 0 Å². The van der Waals surface area contributed by atoms with Crippen LogP contribution in [0.1, 0.15) is 34.1 Å². The Kier molecular flexibility index (Phi) is 6.50. The van der Waals surface area contributed by atoms with Gasteiger partial charge in [-0.1, -0.05) is 32.9 Å². The molecule has 108 valence electrons. The van der Waals surface area contributed by atoms with E-state index < -0.39 is 0 Å². The average Bonchev–Trinajstić information content (AvgIpc) is 2.40. The summed E-state index contributed by atoms with van der Waals surface area (Å²) < 4.78 is 11.4. The molecular weight excluding hydrogens is 260 g/mol. The van der Waals surface area contributed by atoms with E-state index in [0.29, 0.717) is 25.0 Å². The molecule has 0 N–H and O–H groups in total. The highest BCUT2D eigenvalue weighted by atomic mass is 35.5. The summed E-state index contributed by atoms with van der Waals surface area (Å²) >= 11 is 6.09. The van der Waals surface area contributed by atoms with E-state index in [1.807, 2.05) is 31.2 Å². The van der Waals surface area contributed by atoms with E-state index in [4.69, 9.17) is 21.1 Å². The fourth-order valence-electron chi connectivity index (χ4n) is 1.75. The van der Waals surface area contributed by atoms with Gasteiger partial charge in [-0.2, -0.15) is 0 Å². The van der Waals surface area contributed by atoms with Crippen LogP contribution in [-0.2, 0) is 0 Å². The maximum absolute atomic E-state index is 6.09. The minimum absolute atomic E-state index is 0.113. The predicted octanol–water partition coefficient (Wildman–Crippen LogP) is 4.76. The van der Waals surface area contributed by atoms with Crippen molar-refractivity contribution in [3.63, 3.8) is 0 Å². The monoisotopic (exact) mass is 284 g/mol. The van der Waals surface area contributed by atoms with Crippen LogP contribution in [0, 0.1) is 11.3 Å². The van der Waals surface area contributed by atoms with Crippen molar-refractivity contribution in [1.29, 1.82) is 0 Å². The fraction of sp³-hybridized carbons (Fsp3) is 0.625. The Hall–Kier alpha value is -0.890. The van der Waals surface area contributed by atoms with Crippen molar-refractivity contribution in [2.24, 2.45) is 11.3 Å². The third kappa shape index (κ3) is 4.61. The molecule has 0 aromatic heterocycles. The first-order valence-corrected chi connectivity index (χ1v) is 7.47. The second kappa shape index (κ2) is 7.64. The molecule has 0 aliphatic rings. The minimum atomic E-state index is 0.113. The van der Waals surface area contributed by atoms with E-state index in [2.05, 4.69) is 20.8 Å². The highest BCUT2D eigenvalue weighted by Gasteiger charge is 2.27. The van der Waals surface area contributed by atoms with Crippen molar-refractivity contribution >= 4 is 11.6 Å². The molecule has 1 aromatic rings. The minimum Gasteiger partial charge on any atom is -0.490 e. The molecule has 1 unspecified atom stereocenters. The lowest BCUT2D eigenvalue weighted by Crippen LogP contribution is -2.27. The van der Waals surface area contributed by atoms with E-state index in [1.165, 1.54) is 0 Å². The molecule has 0 heterocycles. The van der Waals surface area contributed by atoms with Crippen LogP contribution in [0.25, 0.3) is 0 Å². The Morgan fingerprint density at radius 2 is 1.74 bits per heavy atom. The van der Waals surface area contributed by atoms with Crippen LogP contribution in [0.3, 0.4) is 0 Å². The Balaban J connectivity index is 2.58. The molecule has 1 atom stereocenters. The maximum atomic E-state index is 6.09. The van der Waals surface area contributed by atoms with Gasteiger partial charge in [0, 0.05) is 5.88 Å². The first kappa shape index (κ1) is 16.2. The molecule has 0 amide bonds. The standard InChI is InChI=1S/C16H25ClO2/c1-5-18-14-8-6-7-9-15(14)19-11-10-16(4,12-17)13(2)3/h6-9,13H,5,10-12H2,1-4H3. The fourth-order valence-corrected chi connectivity index (χ4v) is 2.19. The van der Waals surface area contributed by atoms with Gasteiger partial charge in [0.05, 0.1) is 13.2 Å². The van der Waals surface area contributed by atoms with Crippen LogP contribution in [0.15, 0.2) is 24.3 Å². The number of halogens is 1. The summed E-state index contributed by atoms with van der Waals surface area (Å²) in [6.45, 7) is 9.90. The first-order valence-electron chi connectivity index (χ1n) is 6.94. The van der Waals surface area contributed by atoms with E-state index in [0.717, 1.165) is 17.9 Å². The molecule has 0 aliphatic carbocycles. The number of rotatable bonds is 8. The second-order valence-corrected chi connectivity index (χ2v) is 5.69. The van der Waals surface area contributed by atoms with Crippen molar-refractivity contribution in [2.45, 2.75) is 34.1 Å². The molecule has 0 radical (unpaired) electrons. The Morgan fingerprint density at radius 1 is 1.16 bits per heavy atom. The lowest BCUT2D eigenvalue weighted by Gasteiger charge is -2.31. The summed E-state index contributed by atoms with van der Waals surface area (Å²) in [7, 11) is 0. The molecule has 0 aliphatic heterocycles. The van der Waals surface area contributed by atoms with Gasteiger partial charge < -0.3 is 9.47 Å². The summed E-state index contributed by atoms with van der Waals surface area (Å²) in [5.41, 5.74) is 0.113. The van der Waals surface area contributed by atoms with Gasteiger partial charge in [-0.15, -0.1) is 11.6 Å². The molecule has 1 rings (SSSR count). The van der Waals surface area contributed by atoms with E-state index in [-0.39, 0.29) is 5.41 Å².